The van der Waals surface area contributed by atoms with Crippen LogP contribution in [0.2, 0.25) is 5.02 Å². The molecule has 1 N–H and O–H groups in total. The fourth-order valence-electron chi connectivity index (χ4n) is 6.01. The number of carbonyl (C=O) groups excluding carboxylic acids is 2. The van der Waals surface area contributed by atoms with E-state index in [0.29, 0.717) is 30.9 Å². The first kappa shape index (κ1) is 24.8. The van der Waals surface area contributed by atoms with Gasteiger partial charge < -0.3 is 10.1 Å². The van der Waals surface area contributed by atoms with Crippen molar-refractivity contribution in [1.29, 1.82) is 0 Å². The Morgan fingerprint density at radius 2 is 1.39 bits per heavy atom. The van der Waals surface area contributed by atoms with Crippen molar-refractivity contribution < 1.29 is 14.3 Å². The number of para-hydroxylation sites is 1. The molecular formula is C31H34ClNO3. The van der Waals surface area contributed by atoms with Gasteiger partial charge in [0, 0.05) is 46.3 Å². The van der Waals surface area contributed by atoms with Gasteiger partial charge in [0.1, 0.15) is 12.4 Å². The summed E-state index contributed by atoms with van der Waals surface area (Å²) in [5.74, 6) is 0.844. The molecule has 0 aromatic heterocycles. The topological polar surface area (TPSA) is 55.4 Å². The minimum absolute atomic E-state index is 0.0979. The van der Waals surface area contributed by atoms with E-state index in [0.717, 1.165) is 52.3 Å². The number of rotatable bonds is 5. The molecule has 0 bridgehead atoms. The number of allylic oxidation sites excluding steroid dienone is 4. The molecule has 0 atom stereocenters. The van der Waals surface area contributed by atoms with E-state index in [1.54, 1.807) is 0 Å². The Morgan fingerprint density at radius 3 is 1.97 bits per heavy atom. The van der Waals surface area contributed by atoms with Crippen molar-refractivity contribution >= 4 is 23.2 Å². The van der Waals surface area contributed by atoms with Crippen LogP contribution in [0.1, 0.15) is 64.5 Å². The van der Waals surface area contributed by atoms with Gasteiger partial charge in [0.05, 0.1) is 0 Å². The molecule has 188 valence electrons. The zero-order valence-corrected chi connectivity index (χ0v) is 22.3. The Balaban J connectivity index is 1.50. The molecule has 5 rings (SSSR count). The fourth-order valence-corrected chi connectivity index (χ4v) is 6.13. The van der Waals surface area contributed by atoms with E-state index in [-0.39, 0.29) is 28.3 Å². The highest BCUT2D eigenvalue weighted by Crippen LogP contribution is 2.48. The quantitative estimate of drug-likeness (QED) is 0.478. The van der Waals surface area contributed by atoms with Crippen molar-refractivity contribution in [1.82, 2.24) is 5.32 Å². The van der Waals surface area contributed by atoms with Gasteiger partial charge in [-0.15, -0.1) is 0 Å². The lowest BCUT2D eigenvalue weighted by atomic mass is 9.64. The van der Waals surface area contributed by atoms with Gasteiger partial charge in [-0.05, 0) is 59.4 Å². The van der Waals surface area contributed by atoms with Crippen molar-refractivity contribution in [2.24, 2.45) is 16.7 Å². The Labute approximate surface area is 218 Å². The third-order valence-corrected chi connectivity index (χ3v) is 7.79. The molecule has 5 heteroatoms. The van der Waals surface area contributed by atoms with Crippen LogP contribution in [0.3, 0.4) is 0 Å². The summed E-state index contributed by atoms with van der Waals surface area (Å²) in [6.45, 7) is 9.00. The summed E-state index contributed by atoms with van der Waals surface area (Å²) in [4.78, 5) is 27.0. The summed E-state index contributed by atoms with van der Waals surface area (Å²) < 4.78 is 6.24. The van der Waals surface area contributed by atoms with E-state index in [2.05, 4.69) is 33.0 Å². The third-order valence-electron chi connectivity index (χ3n) is 7.54. The second-order valence-corrected chi connectivity index (χ2v) is 12.5. The maximum atomic E-state index is 13.5. The normalized spacial score (nSPS) is 21.1. The number of hydrogen-bond donors (Lipinski definition) is 1. The number of ketones is 2. The molecule has 0 spiro atoms. The Morgan fingerprint density at radius 1 is 0.833 bits per heavy atom. The second kappa shape index (κ2) is 9.23. The molecule has 0 radical (unpaired) electrons. The van der Waals surface area contributed by atoms with Crippen LogP contribution in [0.15, 0.2) is 71.1 Å². The number of dihydropyridines is 1. The average Bonchev–Trinajstić information content (AvgIpc) is 2.77. The predicted molar refractivity (Wildman–Crippen MR) is 143 cm³/mol. The van der Waals surface area contributed by atoms with Crippen LogP contribution in [-0.2, 0) is 22.6 Å². The lowest BCUT2D eigenvalue weighted by Crippen LogP contribution is -2.43. The molecule has 2 aliphatic carbocycles. The van der Waals surface area contributed by atoms with E-state index < -0.39 is 0 Å². The zero-order chi connectivity index (χ0) is 25.7. The van der Waals surface area contributed by atoms with Crippen LogP contribution in [-0.4, -0.2) is 11.6 Å². The van der Waals surface area contributed by atoms with E-state index in [1.165, 1.54) is 0 Å². The number of ether oxygens (including phenoxy) is 1. The van der Waals surface area contributed by atoms with Gasteiger partial charge in [0.2, 0.25) is 0 Å². The molecule has 0 fully saturated rings. The molecule has 2 aromatic carbocycles. The lowest BCUT2D eigenvalue weighted by Gasteiger charge is -2.44. The summed E-state index contributed by atoms with van der Waals surface area (Å²) in [5, 5.41) is 4.28. The van der Waals surface area contributed by atoms with Gasteiger partial charge in [-0.2, -0.15) is 0 Å². The SMILES string of the molecule is CC1(C)CC(=O)C2=C(C1)NC1=C(C(=O)CC(C)(C)C1)C2Cc1ccccc1OCc1ccc(Cl)cc1. The Bertz CT molecular complexity index is 1230. The smallest absolute Gasteiger partial charge is 0.161 e. The second-order valence-electron chi connectivity index (χ2n) is 12.1. The molecule has 0 amide bonds. The van der Waals surface area contributed by atoms with E-state index in [1.807, 2.05) is 48.5 Å². The molecule has 3 aliphatic rings. The number of hydrogen-bond acceptors (Lipinski definition) is 4. The van der Waals surface area contributed by atoms with Crippen LogP contribution in [0.4, 0.5) is 0 Å². The van der Waals surface area contributed by atoms with E-state index in [9.17, 15) is 9.59 Å². The average molecular weight is 504 g/mol. The van der Waals surface area contributed by atoms with Crippen LogP contribution >= 0.6 is 11.6 Å². The summed E-state index contributed by atoms with van der Waals surface area (Å²) in [6.07, 6.45) is 3.19. The van der Waals surface area contributed by atoms with Gasteiger partial charge in [-0.1, -0.05) is 69.6 Å². The maximum Gasteiger partial charge on any atom is 0.161 e. The predicted octanol–water partition coefficient (Wildman–Crippen LogP) is 6.97. The minimum atomic E-state index is -0.247. The first-order valence-corrected chi connectivity index (χ1v) is 13.1. The summed E-state index contributed by atoms with van der Waals surface area (Å²) in [5.41, 5.74) is 5.45. The molecule has 2 aromatic rings. The van der Waals surface area contributed by atoms with Gasteiger partial charge in [-0.25, -0.2) is 0 Å². The minimum Gasteiger partial charge on any atom is -0.489 e. The largest absolute Gasteiger partial charge is 0.489 e. The molecule has 36 heavy (non-hydrogen) atoms. The molecule has 0 saturated heterocycles. The van der Waals surface area contributed by atoms with Crippen LogP contribution in [0.5, 0.6) is 5.75 Å². The monoisotopic (exact) mass is 503 g/mol. The Hall–Kier alpha value is -2.85. The van der Waals surface area contributed by atoms with Crippen LogP contribution < -0.4 is 10.1 Å². The maximum absolute atomic E-state index is 13.5. The molecule has 0 unspecified atom stereocenters. The van der Waals surface area contributed by atoms with Crippen molar-refractivity contribution in [3.63, 3.8) is 0 Å². The summed E-state index contributed by atoms with van der Waals surface area (Å²) in [7, 11) is 0. The van der Waals surface area contributed by atoms with Crippen molar-refractivity contribution in [3.05, 3.63) is 87.2 Å². The molecule has 1 aliphatic heterocycles. The standard InChI is InChI=1S/C31H34ClNO3/c1-30(2)14-23-28(25(34)16-30)22(29-24(33-23)15-31(3,4)17-26(29)35)13-20-7-5-6-8-27(20)36-18-19-9-11-21(32)12-10-19/h5-12,22,33H,13-18H2,1-4H3. The van der Waals surface area contributed by atoms with Crippen molar-refractivity contribution in [3.8, 4) is 5.75 Å². The zero-order valence-electron chi connectivity index (χ0n) is 21.5. The lowest BCUT2D eigenvalue weighted by molar-refractivity contribution is -0.119. The first-order valence-electron chi connectivity index (χ1n) is 12.8. The number of nitrogens with one attached hydrogen (secondary N) is 1. The highest BCUT2D eigenvalue weighted by Gasteiger charge is 2.45. The van der Waals surface area contributed by atoms with E-state index in [4.69, 9.17) is 16.3 Å². The third kappa shape index (κ3) is 5.01. The number of benzene rings is 2. The van der Waals surface area contributed by atoms with E-state index >= 15 is 0 Å². The van der Waals surface area contributed by atoms with Gasteiger partial charge in [-0.3, -0.25) is 9.59 Å². The van der Waals surface area contributed by atoms with Gasteiger partial charge in [0.25, 0.3) is 0 Å². The van der Waals surface area contributed by atoms with Crippen molar-refractivity contribution in [2.75, 3.05) is 0 Å². The van der Waals surface area contributed by atoms with Gasteiger partial charge in [0.15, 0.2) is 11.6 Å². The Kier molecular flexibility index (Phi) is 6.36. The van der Waals surface area contributed by atoms with Crippen LogP contribution in [0.25, 0.3) is 0 Å². The number of halogens is 1. The summed E-state index contributed by atoms with van der Waals surface area (Å²) in [6, 6.07) is 15.6. The molecular weight excluding hydrogens is 470 g/mol. The fraction of sp³-hybridized carbons (Fsp3) is 0.419. The van der Waals surface area contributed by atoms with Crippen LogP contribution in [0, 0.1) is 16.7 Å². The summed E-state index contributed by atoms with van der Waals surface area (Å²) >= 11 is 6.02. The van der Waals surface area contributed by atoms with Gasteiger partial charge >= 0.3 is 0 Å². The first-order chi connectivity index (χ1) is 17.0. The molecule has 4 nitrogen and oxygen atoms in total. The number of carbonyl (C=O) groups is 2. The molecule has 0 saturated carbocycles. The highest BCUT2D eigenvalue weighted by molar-refractivity contribution is 6.30. The number of Topliss-reactive ketones (excluding diaryl/α,β-unsaturated/α-hetero) is 2. The molecule has 1 heterocycles. The highest BCUT2D eigenvalue weighted by atomic mass is 35.5. The van der Waals surface area contributed by atoms with Crippen molar-refractivity contribution in [2.45, 2.75) is 66.4 Å².